The van der Waals surface area contributed by atoms with Crippen molar-refractivity contribution in [3.05, 3.63) is 87.8 Å². The van der Waals surface area contributed by atoms with Crippen LogP contribution < -0.4 is 10.9 Å². The molecule has 1 unspecified atom stereocenters. The van der Waals surface area contributed by atoms with Crippen LogP contribution in [0.25, 0.3) is 5.69 Å². The molecule has 0 spiro atoms. The molecule has 0 saturated heterocycles. The first-order chi connectivity index (χ1) is 17.6. The number of nitrogens with one attached hydrogen (secondary N) is 1. The Bertz CT molecular complexity index is 1240. The Morgan fingerprint density at radius 2 is 1.83 bits per heavy atom. The molecule has 1 fully saturated rings. The fourth-order valence-corrected chi connectivity index (χ4v) is 5.90. The lowest BCUT2D eigenvalue weighted by Gasteiger charge is -2.30. The Balaban J connectivity index is 1.25. The van der Waals surface area contributed by atoms with Crippen molar-refractivity contribution in [2.45, 2.75) is 55.2 Å². The van der Waals surface area contributed by atoms with Gasteiger partial charge in [-0.05, 0) is 30.5 Å². The minimum Gasteiger partial charge on any atom is -0.387 e. The predicted octanol–water partition coefficient (Wildman–Crippen LogP) is 3.48. The van der Waals surface area contributed by atoms with E-state index in [-0.39, 0.29) is 18.0 Å². The molecule has 188 valence electrons. The first-order valence-corrected chi connectivity index (χ1v) is 13.6. The lowest BCUT2D eigenvalue weighted by Crippen LogP contribution is -2.42. The van der Waals surface area contributed by atoms with Gasteiger partial charge < -0.3 is 15.3 Å². The van der Waals surface area contributed by atoms with E-state index < -0.39 is 6.10 Å². The second kappa shape index (κ2) is 11.4. The molecule has 8 heteroatoms. The van der Waals surface area contributed by atoms with Crippen molar-refractivity contribution in [1.29, 1.82) is 0 Å². The molecule has 36 heavy (non-hydrogen) atoms. The molecule has 1 aliphatic heterocycles. The number of amides is 1. The SMILES string of the molecule is O=C(CCNCC(O)c1ccccc1)N1CCc2nc(SC3CCC3)n(-c3ccccc3)c(=O)c2C1. The monoisotopic (exact) mass is 504 g/mol. The number of para-hydroxylation sites is 1. The third-order valence-corrected chi connectivity index (χ3v) is 8.22. The number of aromatic nitrogens is 2. The van der Waals surface area contributed by atoms with E-state index >= 15 is 0 Å². The number of benzene rings is 2. The molecule has 3 aromatic rings. The Kier molecular flexibility index (Phi) is 7.84. The molecule has 1 amide bonds. The summed E-state index contributed by atoms with van der Waals surface area (Å²) in [7, 11) is 0. The zero-order valence-electron chi connectivity index (χ0n) is 20.3. The van der Waals surface area contributed by atoms with Crippen LogP contribution in [-0.4, -0.2) is 50.3 Å². The molecule has 1 aromatic heterocycles. The molecule has 2 aliphatic rings. The number of aliphatic hydroxyl groups is 1. The van der Waals surface area contributed by atoms with Gasteiger partial charge in [-0.15, -0.1) is 0 Å². The van der Waals surface area contributed by atoms with Crippen molar-refractivity contribution < 1.29 is 9.90 Å². The summed E-state index contributed by atoms with van der Waals surface area (Å²) in [5.41, 5.74) is 3.02. The number of rotatable bonds is 9. The summed E-state index contributed by atoms with van der Waals surface area (Å²) in [4.78, 5) is 33.3. The minimum absolute atomic E-state index is 0.000863. The summed E-state index contributed by atoms with van der Waals surface area (Å²) in [6.07, 6.45) is 3.83. The average molecular weight is 505 g/mol. The van der Waals surface area contributed by atoms with Gasteiger partial charge in [-0.3, -0.25) is 14.2 Å². The van der Waals surface area contributed by atoms with Crippen LogP contribution in [-0.2, 0) is 17.8 Å². The smallest absolute Gasteiger partial charge is 0.264 e. The highest BCUT2D eigenvalue weighted by Crippen LogP contribution is 2.36. The second-order valence-corrected chi connectivity index (χ2v) is 10.7. The molecule has 1 atom stereocenters. The molecule has 0 radical (unpaired) electrons. The zero-order chi connectivity index (χ0) is 24.9. The van der Waals surface area contributed by atoms with Crippen molar-refractivity contribution in [2.24, 2.45) is 0 Å². The number of carbonyl (C=O) groups excluding carboxylic acids is 1. The first-order valence-electron chi connectivity index (χ1n) is 12.7. The fourth-order valence-electron chi connectivity index (χ4n) is 4.57. The number of aliphatic hydroxyl groups excluding tert-OH is 1. The number of nitrogens with zero attached hydrogens (tertiary/aromatic N) is 3. The maximum absolute atomic E-state index is 13.7. The highest BCUT2D eigenvalue weighted by molar-refractivity contribution is 7.99. The summed E-state index contributed by atoms with van der Waals surface area (Å²) < 4.78 is 1.72. The Labute approximate surface area is 215 Å². The predicted molar refractivity (Wildman–Crippen MR) is 141 cm³/mol. The fraction of sp³-hybridized carbons (Fsp3) is 0.393. The lowest BCUT2D eigenvalue weighted by atomic mass is 10.0. The van der Waals surface area contributed by atoms with Crippen LogP contribution >= 0.6 is 11.8 Å². The largest absolute Gasteiger partial charge is 0.387 e. The lowest BCUT2D eigenvalue weighted by molar-refractivity contribution is -0.132. The van der Waals surface area contributed by atoms with E-state index in [0.717, 1.165) is 34.9 Å². The number of carbonyl (C=O) groups is 1. The minimum atomic E-state index is -0.613. The zero-order valence-corrected chi connectivity index (χ0v) is 21.1. The Morgan fingerprint density at radius 1 is 1.11 bits per heavy atom. The standard InChI is InChI=1S/C28H32N4O3S/c33-25(20-8-3-1-4-9-20)18-29-16-14-26(34)31-17-15-24-23(19-31)27(35)32(21-10-5-2-6-11-21)28(30-24)36-22-12-7-13-22/h1-6,8-11,22,25,29,33H,7,12-19H2. The van der Waals surface area contributed by atoms with Crippen LogP contribution in [0.1, 0.15) is 48.6 Å². The van der Waals surface area contributed by atoms with E-state index in [1.807, 2.05) is 60.7 Å². The van der Waals surface area contributed by atoms with Gasteiger partial charge in [0.25, 0.3) is 5.56 Å². The van der Waals surface area contributed by atoms with Gasteiger partial charge in [0.05, 0.1) is 29.6 Å². The third kappa shape index (κ3) is 5.56. The molecule has 5 rings (SSSR count). The van der Waals surface area contributed by atoms with Gasteiger partial charge >= 0.3 is 0 Å². The number of hydrogen-bond acceptors (Lipinski definition) is 6. The van der Waals surface area contributed by atoms with Crippen LogP contribution in [0.4, 0.5) is 0 Å². The highest BCUT2D eigenvalue weighted by Gasteiger charge is 2.28. The molecule has 1 aliphatic carbocycles. The summed E-state index contributed by atoms with van der Waals surface area (Å²) in [6.45, 7) is 1.70. The van der Waals surface area contributed by atoms with E-state index in [1.165, 1.54) is 6.42 Å². The second-order valence-electron chi connectivity index (χ2n) is 9.41. The molecule has 1 saturated carbocycles. The van der Waals surface area contributed by atoms with Crippen LogP contribution in [0.5, 0.6) is 0 Å². The average Bonchev–Trinajstić information content (AvgIpc) is 2.89. The van der Waals surface area contributed by atoms with Gasteiger partial charge in [0.2, 0.25) is 5.91 Å². The van der Waals surface area contributed by atoms with Crippen LogP contribution in [0.15, 0.2) is 70.6 Å². The van der Waals surface area contributed by atoms with E-state index in [2.05, 4.69) is 5.32 Å². The summed E-state index contributed by atoms with van der Waals surface area (Å²) in [5, 5.41) is 14.7. The van der Waals surface area contributed by atoms with E-state index in [0.29, 0.717) is 43.3 Å². The van der Waals surface area contributed by atoms with Gasteiger partial charge in [-0.25, -0.2) is 4.98 Å². The van der Waals surface area contributed by atoms with Crippen molar-refractivity contribution in [1.82, 2.24) is 19.8 Å². The van der Waals surface area contributed by atoms with Gasteiger partial charge in [0.1, 0.15) is 0 Å². The Morgan fingerprint density at radius 3 is 2.53 bits per heavy atom. The highest BCUT2D eigenvalue weighted by atomic mass is 32.2. The maximum atomic E-state index is 13.7. The Hall–Kier alpha value is -2.94. The molecule has 2 aromatic carbocycles. The molecule has 2 heterocycles. The van der Waals surface area contributed by atoms with Gasteiger partial charge in [0, 0.05) is 37.7 Å². The molecule has 2 N–H and O–H groups in total. The topological polar surface area (TPSA) is 87.5 Å². The van der Waals surface area contributed by atoms with Crippen LogP contribution in [0.3, 0.4) is 0 Å². The number of fused-ring (bicyclic) bond motifs is 1. The summed E-state index contributed by atoms with van der Waals surface area (Å²) in [5.74, 6) is 0.000863. The van der Waals surface area contributed by atoms with E-state index in [9.17, 15) is 14.7 Å². The molecule has 0 bridgehead atoms. The van der Waals surface area contributed by atoms with Crippen LogP contribution in [0, 0.1) is 0 Å². The van der Waals surface area contributed by atoms with Gasteiger partial charge in [-0.2, -0.15) is 0 Å². The first kappa shape index (κ1) is 24.7. The van der Waals surface area contributed by atoms with Crippen molar-refractivity contribution in [2.75, 3.05) is 19.6 Å². The van der Waals surface area contributed by atoms with Crippen molar-refractivity contribution in [3.63, 3.8) is 0 Å². The van der Waals surface area contributed by atoms with E-state index in [4.69, 9.17) is 4.98 Å². The van der Waals surface area contributed by atoms with Crippen molar-refractivity contribution >= 4 is 17.7 Å². The molecule has 7 nitrogen and oxygen atoms in total. The van der Waals surface area contributed by atoms with Crippen molar-refractivity contribution in [3.8, 4) is 5.69 Å². The third-order valence-electron chi connectivity index (χ3n) is 6.93. The van der Waals surface area contributed by atoms with Crippen LogP contribution in [0.2, 0.25) is 0 Å². The van der Waals surface area contributed by atoms with Gasteiger partial charge in [-0.1, -0.05) is 66.7 Å². The molecular weight excluding hydrogens is 472 g/mol. The number of hydrogen-bond donors (Lipinski definition) is 2. The summed E-state index contributed by atoms with van der Waals surface area (Å²) in [6, 6.07) is 19.1. The maximum Gasteiger partial charge on any atom is 0.264 e. The van der Waals surface area contributed by atoms with E-state index in [1.54, 1.807) is 21.2 Å². The quantitative estimate of drug-likeness (QED) is 0.343. The number of thioether (sulfide) groups is 1. The van der Waals surface area contributed by atoms with Gasteiger partial charge in [0.15, 0.2) is 5.16 Å². The summed E-state index contributed by atoms with van der Waals surface area (Å²) >= 11 is 1.70. The molecular formula is C28H32N4O3S. The normalized spacial score (nSPS) is 16.3.